The molecule has 0 aliphatic carbocycles. The van der Waals surface area contributed by atoms with Gasteiger partial charge in [-0.25, -0.2) is 4.90 Å². The summed E-state index contributed by atoms with van der Waals surface area (Å²) < 4.78 is 0. The third-order valence-corrected chi connectivity index (χ3v) is 5.49. The number of halogens is 1. The number of rotatable bonds is 5. The summed E-state index contributed by atoms with van der Waals surface area (Å²) in [6.07, 6.45) is 0. The first-order chi connectivity index (χ1) is 13.2. The van der Waals surface area contributed by atoms with Gasteiger partial charge in [0.25, 0.3) is 17.5 Å². The molecule has 0 radical (unpaired) electrons. The lowest BCUT2D eigenvalue weighted by molar-refractivity contribution is -0.384. The topological polar surface area (TPSA) is 80.5 Å². The van der Waals surface area contributed by atoms with Gasteiger partial charge in [0.15, 0.2) is 0 Å². The Morgan fingerprint density at radius 1 is 1.07 bits per heavy atom. The lowest BCUT2D eigenvalue weighted by atomic mass is 10.1. The Morgan fingerprint density at radius 2 is 1.71 bits per heavy atom. The monoisotopic (exact) mass is 416 g/mol. The molecule has 144 valence electrons. The van der Waals surface area contributed by atoms with Crippen molar-refractivity contribution in [3.05, 3.63) is 73.6 Å². The van der Waals surface area contributed by atoms with E-state index in [0.717, 1.165) is 10.5 Å². The molecule has 0 aromatic heterocycles. The molecule has 6 nitrogen and oxygen atoms in total. The molecule has 0 atom stereocenters. The van der Waals surface area contributed by atoms with Crippen molar-refractivity contribution >= 4 is 52.1 Å². The zero-order chi connectivity index (χ0) is 20.6. The number of imide groups is 1. The molecule has 1 aliphatic rings. The van der Waals surface area contributed by atoms with Crippen LogP contribution in [0.3, 0.4) is 0 Å². The molecule has 2 amide bonds. The highest BCUT2D eigenvalue weighted by atomic mass is 35.5. The summed E-state index contributed by atoms with van der Waals surface area (Å²) in [6, 6.07) is 10.7. The first-order valence-electron chi connectivity index (χ1n) is 8.51. The molecule has 0 spiro atoms. The van der Waals surface area contributed by atoms with E-state index in [1.807, 2.05) is 13.8 Å². The Balaban J connectivity index is 2.12. The van der Waals surface area contributed by atoms with E-state index in [0.29, 0.717) is 21.2 Å². The first kappa shape index (κ1) is 20.1. The molecule has 3 rings (SSSR count). The standard InChI is InChI=1S/C20H17ClN2O4S/c1-11(2)28-18-17(13-5-8-15(9-6-13)23(26)27)19(24)22(20(18)25)16-10-14(21)7-4-12(16)3/h4-11H,1-3H3. The number of anilines is 1. The van der Waals surface area contributed by atoms with E-state index in [-0.39, 0.29) is 16.5 Å². The van der Waals surface area contributed by atoms with E-state index in [9.17, 15) is 19.7 Å². The molecule has 2 aromatic rings. The third kappa shape index (κ3) is 3.68. The smallest absolute Gasteiger partial charge is 0.268 e. The number of carbonyl (C=O) groups excluding carboxylic acids is 2. The van der Waals surface area contributed by atoms with Crippen LogP contribution in [0.4, 0.5) is 11.4 Å². The number of aryl methyl sites for hydroxylation is 1. The van der Waals surface area contributed by atoms with Crippen LogP contribution in [0.5, 0.6) is 0 Å². The van der Waals surface area contributed by atoms with Gasteiger partial charge < -0.3 is 0 Å². The van der Waals surface area contributed by atoms with Crippen molar-refractivity contribution in [2.24, 2.45) is 0 Å². The molecule has 1 aliphatic heterocycles. The number of benzene rings is 2. The van der Waals surface area contributed by atoms with E-state index in [2.05, 4.69) is 0 Å². The molecule has 28 heavy (non-hydrogen) atoms. The maximum atomic E-state index is 13.2. The number of nitro benzene ring substituents is 1. The highest BCUT2D eigenvalue weighted by molar-refractivity contribution is 8.04. The fourth-order valence-electron chi connectivity index (χ4n) is 2.90. The Bertz CT molecular complexity index is 1020. The van der Waals surface area contributed by atoms with Crippen LogP contribution < -0.4 is 4.90 Å². The lowest BCUT2D eigenvalue weighted by Gasteiger charge is -2.18. The molecule has 8 heteroatoms. The number of thioether (sulfide) groups is 1. The number of non-ortho nitro benzene ring substituents is 1. The summed E-state index contributed by atoms with van der Waals surface area (Å²) in [5.74, 6) is -0.880. The molecular weight excluding hydrogens is 400 g/mol. The molecule has 0 saturated carbocycles. The number of nitrogens with zero attached hydrogens (tertiary/aromatic N) is 2. The van der Waals surface area contributed by atoms with Crippen LogP contribution in [0.25, 0.3) is 5.57 Å². The highest BCUT2D eigenvalue weighted by Crippen LogP contribution is 2.41. The van der Waals surface area contributed by atoms with Gasteiger partial charge in [0.05, 0.1) is 21.1 Å². The van der Waals surface area contributed by atoms with Crippen LogP contribution >= 0.6 is 23.4 Å². The summed E-state index contributed by atoms with van der Waals surface area (Å²) >= 11 is 7.38. The molecule has 0 bridgehead atoms. The van der Waals surface area contributed by atoms with Crippen LogP contribution in [0, 0.1) is 17.0 Å². The summed E-state index contributed by atoms with van der Waals surface area (Å²) in [5.41, 5.74) is 1.81. The number of carbonyl (C=O) groups is 2. The number of hydrogen-bond donors (Lipinski definition) is 0. The van der Waals surface area contributed by atoms with Crippen molar-refractivity contribution in [3.8, 4) is 0 Å². The fraction of sp³-hybridized carbons (Fsp3) is 0.200. The molecule has 0 saturated heterocycles. The number of hydrogen-bond acceptors (Lipinski definition) is 5. The molecular formula is C20H17ClN2O4S. The molecule has 2 aromatic carbocycles. The second-order valence-electron chi connectivity index (χ2n) is 6.55. The summed E-state index contributed by atoms with van der Waals surface area (Å²) in [4.78, 5) is 38.3. The van der Waals surface area contributed by atoms with Crippen molar-refractivity contribution in [2.75, 3.05) is 4.90 Å². The van der Waals surface area contributed by atoms with E-state index < -0.39 is 16.7 Å². The molecule has 1 heterocycles. The van der Waals surface area contributed by atoms with E-state index >= 15 is 0 Å². The van der Waals surface area contributed by atoms with Crippen molar-refractivity contribution in [2.45, 2.75) is 26.0 Å². The second kappa shape index (κ2) is 7.77. The van der Waals surface area contributed by atoms with Crippen molar-refractivity contribution in [1.82, 2.24) is 0 Å². The third-order valence-electron chi connectivity index (χ3n) is 4.17. The van der Waals surface area contributed by atoms with Gasteiger partial charge in [0, 0.05) is 22.4 Å². The normalized spacial score (nSPS) is 14.4. The average Bonchev–Trinajstić information content (AvgIpc) is 2.87. The van der Waals surface area contributed by atoms with Crippen molar-refractivity contribution in [3.63, 3.8) is 0 Å². The van der Waals surface area contributed by atoms with Gasteiger partial charge in [-0.1, -0.05) is 31.5 Å². The minimum Gasteiger partial charge on any atom is -0.268 e. The Morgan fingerprint density at radius 3 is 2.29 bits per heavy atom. The fourth-order valence-corrected chi connectivity index (χ4v) is 4.05. The Hall–Kier alpha value is -2.64. The summed E-state index contributed by atoms with van der Waals surface area (Å²) in [7, 11) is 0. The SMILES string of the molecule is Cc1ccc(Cl)cc1N1C(=O)C(SC(C)C)=C(c2ccc([N+](=O)[O-])cc2)C1=O. The average molecular weight is 417 g/mol. The second-order valence-corrected chi connectivity index (χ2v) is 8.57. The van der Waals surface area contributed by atoms with Gasteiger partial charge >= 0.3 is 0 Å². The van der Waals surface area contributed by atoms with Crippen molar-refractivity contribution in [1.29, 1.82) is 0 Å². The maximum absolute atomic E-state index is 13.2. The van der Waals surface area contributed by atoms with Crippen molar-refractivity contribution < 1.29 is 14.5 Å². The predicted molar refractivity (Wildman–Crippen MR) is 111 cm³/mol. The van der Waals surface area contributed by atoms with Gasteiger partial charge in [-0.05, 0) is 42.3 Å². The van der Waals surface area contributed by atoms with Gasteiger partial charge in [-0.3, -0.25) is 19.7 Å². The minimum atomic E-state index is -0.509. The van der Waals surface area contributed by atoms with Crippen LogP contribution in [-0.2, 0) is 9.59 Å². The molecule has 0 N–H and O–H groups in total. The summed E-state index contributed by atoms with van der Waals surface area (Å²) in [6.45, 7) is 5.65. The predicted octanol–water partition coefficient (Wildman–Crippen LogP) is 4.98. The quantitative estimate of drug-likeness (QED) is 0.390. The van der Waals surface area contributed by atoms with Crippen LogP contribution in [0.2, 0.25) is 5.02 Å². The first-order valence-corrected chi connectivity index (χ1v) is 9.77. The van der Waals surface area contributed by atoms with Crippen LogP contribution in [0.15, 0.2) is 47.4 Å². The molecule has 0 fully saturated rings. The largest absolute Gasteiger partial charge is 0.272 e. The van der Waals surface area contributed by atoms with E-state index in [1.54, 1.807) is 25.1 Å². The van der Waals surface area contributed by atoms with Crippen LogP contribution in [-0.4, -0.2) is 22.0 Å². The Kier molecular flexibility index (Phi) is 5.58. The number of nitro groups is 1. The van der Waals surface area contributed by atoms with Gasteiger partial charge in [-0.2, -0.15) is 0 Å². The maximum Gasteiger partial charge on any atom is 0.272 e. The minimum absolute atomic E-state index is 0.0696. The van der Waals surface area contributed by atoms with Gasteiger partial charge in [-0.15, -0.1) is 11.8 Å². The lowest BCUT2D eigenvalue weighted by Crippen LogP contribution is -2.32. The Labute approximate surface area is 171 Å². The zero-order valence-electron chi connectivity index (χ0n) is 15.4. The highest BCUT2D eigenvalue weighted by Gasteiger charge is 2.41. The number of amides is 2. The van der Waals surface area contributed by atoms with Crippen LogP contribution in [0.1, 0.15) is 25.0 Å². The zero-order valence-corrected chi connectivity index (χ0v) is 17.0. The summed E-state index contributed by atoms with van der Waals surface area (Å²) in [5, 5.41) is 11.4. The van der Waals surface area contributed by atoms with Gasteiger partial charge in [0.1, 0.15) is 0 Å². The molecule has 0 unspecified atom stereocenters. The van der Waals surface area contributed by atoms with E-state index in [1.165, 1.54) is 36.0 Å². The van der Waals surface area contributed by atoms with Gasteiger partial charge in [0.2, 0.25) is 0 Å². The van der Waals surface area contributed by atoms with E-state index in [4.69, 9.17) is 11.6 Å².